The third-order valence-electron chi connectivity index (χ3n) is 2.58. The van der Waals surface area contributed by atoms with E-state index in [9.17, 15) is 9.90 Å². The third-order valence-corrected chi connectivity index (χ3v) is 2.58. The molecule has 1 aromatic rings. The van der Waals surface area contributed by atoms with Gasteiger partial charge in [-0.2, -0.15) is 0 Å². The molecular weight excluding hydrogens is 234 g/mol. The Morgan fingerprint density at radius 2 is 2.11 bits per heavy atom. The van der Waals surface area contributed by atoms with Crippen LogP contribution in [0.2, 0.25) is 0 Å². The Balaban J connectivity index is 2.82. The van der Waals surface area contributed by atoms with Crippen molar-refractivity contribution < 1.29 is 19.7 Å². The predicted octanol–water partition coefficient (Wildman–Crippen LogP) is 1.70. The summed E-state index contributed by atoms with van der Waals surface area (Å²) in [4.78, 5) is 12.4. The molecule has 0 radical (unpaired) electrons. The molecule has 0 saturated heterocycles. The van der Waals surface area contributed by atoms with Crippen molar-refractivity contribution in [1.82, 2.24) is 4.90 Å². The zero-order chi connectivity index (χ0) is 13.5. The molecule has 0 heterocycles. The molecule has 0 spiro atoms. The van der Waals surface area contributed by atoms with E-state index >= 15 is 0 Å². The molecule has 1 rings (SSSR count). The van der Waals surface area contributed by atoms with Gasteiger partial charge < -0.3 is 14.9 Å². The van der Waals surface area contributed by atoms with Crippen LogP contribution in [0.15, 0.2) is 18.2 Å². The van der Waals surface area contributed by atoms with E-state index < -0.39 is 5.97 Å². The standard InChI is InChI=1S/C13H19NO4/c1-3-14(9-12(15)16)8-10-6-5-7-11(13(10)17)18-4-2/h5-7,17H,3-4,8-9H2,1-2H3,(H,15,16). The van der Waals surface area contributed by atoms with Crippen molar-refractivity contribution in [1.29, 1.82) is 0 Å². The van der Waals surface area contributed by atoms with Gasteiger partial charge in [-0.05, 0) is 19.5 Å². The molecular formula is C13H19NO4. The molecule has 18 heavy (non-hydrogen) atoms. The first-order valence-corrected chi connectivity index (χ1v) is 5.96. The second-order valence-electron chi connectivity index (χ2n) is 3.89. The highest BCUT2D eigenvalue weighted by Gasteiger charge is 2.13. The summed E-state index contributed by atoms with van der Waals surface area (Å²) in [6.07, 6.45) is 0. The molecule has 100 valence electrons. The molecule has 0 unspecified atom stereocenters. The van der Waals surface area contributed by atoms with Crippen LogP contribution in [0.1, 0.15) is 19.4 Å². The average Bonchev–Trinajstić information content (AvgIpc) is 2.33. The highest BCUT2D eigenvalue weighted by Crippen LogP contribution is 2.30. The van der Waals surface area contributed by atoms with E-state index in [4.69, 9.17) is 9.84 Å². The lowest BCUT2D eigenvalue weighted by atomic mass is 10.1. The number of phenolic OH excluding ortho intramolecular Hbond substituents is 1. The van der Waals surface area contributed by atoms with Crippen molar-refractivity contribution in [3.8, 4) is 11.5 Å². The minimum absolute atomic E-state index is 0.0468. The van der Waals surface area contributed by atoms with Crippen molar-refractivity contribution in [2.24, 2.45) is 0 Å². The molecule has 5 heteroatoms. The van der Waals surface area contributed by atoms with Crippen molar-refractivity contribution in [3.63, 3.8) is 0 Å². The van der Waals surface area contributed by atoms with Gasteiger partial charge in [-0.1, -0.05) is 19.1 Å². The Morgan fingerprint density at radius 3 is 2.67 bits per heavy atom. The smallest absolute Gasteiger partial charge is 0.317 e. The van der Waals surface area contributed by atoms with Gasteiger partial charge in [0.1, 0.15) is 0 Å². The number of hydrogen-bond acceptors (Lipinski definition) is 4. The maximum Gasteiger partial charge on any atom is 0.317 e. The predicted molar refractivity (Wildman–Crippen MR) is 67.9 cm³/mol. The van der Waals surface area contributed by atoms with Gasteiger partial charge in [0, 0.05) is 12.1 Å². The first-order valence-electron chi connectivity index (χ1n) is 5.96. The first-order chi connectivity index (χ1) is 8.58. The number of ether oxygens (including phenoxy) is 1. The summed E-state index contributed by atoms with van der Waals surface area (Å²) >= 11 is 0. The van der Waals surface area contributed by atoms with E-state index in [0.717, 1.165) is 0 Å². The lowest BCUT2D eigenvalue weighted by molar-refractivity contribution is -0.138. The minimum Gasteiger partial charge on any atom is -0.504 e. The normalized spacial score (nSPS) is 10.6. The molecule has 0 aliphatic carbocycles. The highest BCUT2D eigenvalue weighted by molar-refractivity contribution is 5.69. The number of carboxylic acids is 1. The average molecular weight is 253 g/mol. The largest absolute Gasteiger partial charge is 0.504 e. The lowest BCUT2D eigenvalue weighted by Gasteiger charge is -2.19. The zero-order valence-corrected chi connectivity index (χ0v) is 10.7. The van der Waals surface area contributed by atoms with Gasteiger partial charge in [0.05, 0.1) is 13.2 Å². The summed E-state index contributed by atoms with van der Waals surface area (Å²) in [7, 11) is 0. The Labute approximate surface area is 107 Å². The molecule has 0 fully saturated rings. The van der Waals surface area contributed by atoms with Gasteiger partial charge in [0.2, 0.25) is 0 Å². The highest BCUT2D eigenvalue weighted by atomic mass is 16.5. The summed E-state index contributed by atoms with van der Waals surface area (Å²) in [5.41, 5.74) is 0.670. The molecule has 2 N–H and O–H groups in total. The molecule has 0 aromatic heterocycles. The Bertz CT molecular complexity index is 406. The number of carbonyl (C=O) groups is 1. The summed E-state index contributed by atoms with van der Waals surface area (Å²) in [6, 6.07) is 5.24. The molecule has 0 amide bonds. The van der Waals surface area contributed by atoms with E-state index in [-0.39, 0.29) is 12.3 Å². The van der Waals surface area contributed by atoms with E-state index in [1.807, 2.05) is 13.8 Å². The summed E-state index contributed by atoms with van der Waals surface area (Å²) in [5, 5.41) is 18.8. The van der Waals surface area contributed by atoms with Gasteiger partial charge in [0.15, 0.2) is 11.5 Å². The van der Waals surface area contributed by atoms with Crippen LogP contribution in [0.5, 0.6) is 11.5 Å². The second-order valence-corrected chi connectivity index (χ2v) is 3.89. The topological polar surface area (TPSA) is 70.0 Å². The van der Waals surface area contributed by atoms with Gasteiger partial charge in [0.25, 0.3) is 0 Å². The fourth-order valence-corrected chi connectivity index (χ4v) is 1.68. The number of aromatic hydroxyl groups is 1. The van der Waals surface area contributed by atoms with Crippen LogP contribution in [0.3, 0.4) is 0 Å². The number of rotatable bonds is 7. The van der Waals surface area contributed by atoms with Crippen LogP contribution >= 0.6 is 0 Å². The van der Waals surface area contributed by atoms with E-state index in [0.29, 0.717) is 31.0 Å². The number of hydrogen-bond donors (Lipinski definition) is 2. The van der Waals surface area contributed by atoms with E-state index in [1.54, 1.807) is 23.1 Å². The number of nitrogens with zero attached hydrogens (tertiary/aromatic N) is 1. The van der Waals surface area contributed by atoms with Crippen LogP contribution in [0.4, 0.5) is 0 Å². The number of phenols is 1. The number of likely N-dealkylation sites (N-methyl/N-ethyl adjacent to an activating group) is 1. The third kappa shape index (κ3) is 3.92. The van der Waals surface area contributed by atoms with Crippen LogP contribution in [0.25, 0.3) is 0 Å². The van der Waals surface area contributed by atoms with E-state index in [2.05, 4.69) is 0 Å². The lowest BCUT2D eigenvalue weighted by Crippen LogP contribution is -2.29. The molecule has 0 atom stereocenters. The SMILES string of the molecule is CCOc1cccc(CN(CC)CC(=O)O)c1O. The second kappa shape index (κ2) is 6.86. The molecule has 5 nitrogen and oxygen atoms in total. The van der Waals surface area contributed by atoms with Crippen molar-refractivity contribution in [3.05, 3.63) is 23.8 Å². The summed E-state index contributed by atoms with van der Waals surface area (Å²) in [6.45, 7) is 5.14. The molecule has 0 bridgehead atoms. The molecule has 0 aliphatic heterocycles. The number of aliphatic carboxylic acids is 1. The van der Waals surface area contributed by atoms with Gasteiger partial charge >= 0.3 is 5.97 Å². The van der Waals surface area contributed by atoms with Crippen molar-refractivity contribution in [2.45, 2.75) is 20.4 Å². The van der Waals surface area contributed by atoms with Gasteiger partial charge in [-0.25, -0.2) is 0 Å². The fraction of sp³-hybridized carbons (Fsp3) is 0.462. The Morgan fingerprint density at radius 1 is 1.39 bits per heavy atom. The molecule has 0 saturated carbocycles. The van der Waals surface area contributed by atoms with Crippen LogP contribution in [-0.4, -0.2) is 40.8 Å². The zero-order valence-electron chi connectivity index (χ0n) is 10.7. The van der Waals surface area contributed by atoms with Crippen molar-refractivity contribution >= 4 is 5.97 Å². The van der Waals surface area contributed by atoms with Crippen LogP contribution in [0, 0.1) is 0 Å². The maximum atomic E-state index is 10.7. The summed E-state index contributed by atoms with van der Waals surface area (Å²) < 4.78 is 5.29. The molecule has 0 aliphatic rings. The molecule has 1 aromatic carbocycles. The number of benzene rings is 1. The minimum atomic E-state index is -0.877. The Kier molecular flexibility index (Phi) is 5.45. The fourth-order valence-electron chi connectivity index (χ4n) is 1.68. The van der Waals surface area contributed by atoms with E-state index in [1.165, 1.54) is 0 Å². The first kappa shape index (κ1) is 14.3. The van der Waals surface area contributed by atoms with Gasteiger partial charge in [-0.3, -0.25) is 9.69 Å². The van der Waals surface area contributed by atoms with Crippen molar-refractivity contribution in [2.75, 3.05) is 19.7 Å². The van der Waals surface area contributed by atoms with Crippen LogP contribution < -0.4 is 4.74 Å². The Hall–Kier alpha value is -1.75. The maximum absolute atomic E-state index is 10.7. The van der Waals surface area contributed by atoms with Crippen LogP contribution in [-0.2, 0) is 11.3 Å². The summed E-state index contributed by atoms with van der Waals surface area (Å²) in [5.74, 6) is -0.359. The monoisotopic (exact) mass is 253 g/mol. The number of carboxylic acid groups (broad SMARTS) is 1. The number of para-hydroxylation sites is 1. The quantitative estimate of drug-likeness (QED) is 0.774. The van der Waals surface area contributed by atoms with Gasteiger partial charge in [-0.15, -0.1) is 0 Å².